The summed E-state index contributed by atoms with van der Waals surface area (Å²) in [4.78, 5) is 12.0. The molecule has 1 fully saturated rings. The van der Waals surface area contributed by atoms with Gasteiger partial charge in [-0.15, -0.1) is 0 Å². The van der Waals surface area contributed by atoms with Crippen molar-refractivity contribution >= 4 is 21.9 Å². The zero-order valence-electron chi connectivity index (χ0n) is 10.5. The Hall–Kier alpha value is -0.870. The molecule has 1 heterocycles. The summed E-state index contributed by atoms with van der Waals surface area (Å²) >= 11 is 3.42. The standard InChI is InChI=1S/C14H18BrNO2/c1-18-14(17)13(11-3-2-8-16-9-11)10-4-6-12(15)7-5-10/h4-7,11,13,16H,2-3,8-9H2,1H3. The summed E-state index contributed by atoms with van der Waals surface area (Å²) in [6.07, 6.45) is 2.19. The molecule has 98 valence electrons. The number of halogens is 1. The summed E-state index contributed by atoms with van der Waals surface area (Å²) in [6, 6.07) is 7.95. The van der Waals surface area contributed by atoms with E-state index in [4.69, 9.17) is 4.74 Å². The molecule has 2 rings (SSSR count). The van der Waals surface area contributed by atoms with Gasteiger partial charge in [-0.2, -0.15) is 0 Å². The van der Waals surface area contributed by atoms with E-state index in [-0.39, 0.29) is 11.9 Å². The lowest BCUT2D eigenvalue weighted by Crippen LogP contribution is -2.36. The molecule has 0 radical (unpaired) electrons. The predicted molar refractivity (Wildman–Crippen MR) is 74.5 cm³/mol. The maximum atomic E-state index is 12.0. The molecule has 1 aliphatic heterocycles. The third-order valence-electron chi connectivity index (χ3n) is 3.49. The molecule has 18 heavy (non-hydrogen) atoms. The van der Waals surface area contributed by atoms with E-state index in [1.54, 1.807) is 0 Å². The fraction of sp³-hybridized carbons (Fsp3) is 0.500. The molecule has 1 aromatic rings. The van der Waals surface area contributed by atoms with Crippen LogP contribution in [-0.4, -0.2) is 26.2 Å². The lowest BCUT2D eigenvalue weighted by molar-refractivity contribution is -0.144. The highest BCUT2D eigenvalue weighted by Gasteiger charge is 2.31. The third-order valence-corrected chi connectivity index (χ3v) is 4.02. The van der Waals surface area contributed by atoms with Crippen LogP contribution in [0.2, 0.25) is 0 Å². The summed E-state index contributed by atoms with van der Waals surface area (Å²) in [6.45, 7) is 1.93. The maximum Gasteiger partial charge on any atom is 0.313 e. The van der Waals surface area contributed by atoms with E-state index in [2.05, 4.69) is 21.2 Å². The van der Waals surface area contributed by atoms with Gasteiger partial charge >= 0.3 is 5.97 Å². The van der Waals surface area contributed by atoms with Crippen molar-refractivity contribution in [2.75, 3.05) is 20.2 Å². The van der Waals surface area contributed by atoms with E-state index >= 15 is 0 Å². The van der Waals surface area contributed by atoms with Gasteiger partial charge in [0.1, 0.15) is 0 Å². The van der Waals surface area contributed by atoms with Crippen molar-refractivity contribution in [3.05, 3.63) is 34.3 Å². The van der Waals surface area contributed by atoms with Crippen molar-refractivity contribution in [3.8, 4) is 0 Å². The largest absolute Gasteiger partial charge is 0.469 e. The van der Waals surface area contributed by atoms with Gasteiger partial charge in [0.05, 0.1) is 13.0 Å². The number of piperidine rings is 1. The Balaban J connectivity index is 2.23. The summed E-state index contributed by atoms with van der Waals surface area (Å²) in [5, 5.41) is 3.36. The van der Waals surface area contributed by atoms with E-state index < -0.39 is 0 Å². The number of hydrogen-bond acceptors (Lipinski definition) is 3. The van der Waals surface area contributed by atoms with Crippen LogP contribution in [0.15, 0.2) is 28.7 Å². The molecular weight excluding hydrogens is 294 g/mol. The highest BCUT2D eigenvalue weighted by molar-refractivity contribution is 9.10. The number of methoxy groups -OCH3 is 1. The fourth-order valence-electron chi connectivity index (χ4n) is 2.56. The first-order valence-corrected chi connectivity index (χ1v) is 7.05. The molecule has 0 spiro atoms. The number of benzene rings is 1. The van der Waals surface area contributed by atoms with Gasteiger partial charge in [0, 0.05) is 4.47 Å². The van der Waals surface area contributed by atoms with Crippen LogP contribution < -0.4 is 5.32 Å². The molecule has 0 aromatic heterocycles. The van der Waals surface area contributed by atoms with E-state index in [9.17, 15) is 4.79 Å². The van der Waals surface area contributed by atoms with Crippen molar-refractivity contribution in [1.29, 1.82) is 0 Å². The minimum absolute atomic E-state index is 0.133. The number of carbonyl (C=O) groups is 1. The Morgan fingerprint density at radius 2 is 2.17 bits per heavy atom. The van der Waals surface area contributed by atoms with Gasteiger partial charge < -0.3 is 10.1 Å². The number of carbonyl (C=O) groups excluding carboxylic acids is 1. The minimum Gasteiger partial charge on any atom is -0.469 e. The van der Waals surface area contributed by atoms with E-state index in [1.807, 2.05) is 24.3 Å². The average molecular weight is 312 g/mol. The Morgan fingerprint density at radius 1 is 1.44 bits per heavy atom. The quantitative estimate of drug-likeness (QED) is 0.872. The SMILES string of the molecule is COC(=O)C(c1ccc(Br)cc1)C1CCCNC1. The summed E-state index contributed by atoms with van der Waals surface area (Å²) in [5.74, 6) is 0.0364. The Labute approximate surface area is 116 Å². The predicted octanol–water partition coefficient (Wildman–Crippen LogP) is 2.71. The maximum absolute atomic E-state index is 12.0. The zero-order valence-corrected chi connectivity index (χ0v) is 12.1. The second-order valence-corrected chi connectivity index (χ2v) is 5.57. The van der Waals surface area contributed by atoms with E-state index in [1.165, 1.54) is 7.11 Å². The molecule has 1 N–H and O–H groups in total. The van der Waals surface area contributed by atoms with Crippen LogP contribution in [-0.2, 0) is 9.53 Å². The molecule has 3 nitrogen and oxygen atoms in total. The van der Waals surface area contributed by atoms with Crippen molar-refractivity contribution in [2.45, 2.75) is 18.8 Å². The van der Waals surface area contributed by atoms with Crippen molar-refractivity contribution in [3.63, 3.8) is 0 Å². The van der Waals surface area contributed by atoms with Crippen LogP contribution in [0.4, 0.5) is 0 Å². The van der Waals surface area contributed by atoms with Crippen LogP contribution in [0.1, 0.15) is 24.3 Å². The van der Waals surface area contributed by atoms with Gasteiger partial charge in [0.25, 0.3) is 0 Å². The molecule has 0 aliphatic carbocycles. The Kier molecular flexibility index (Phi) is 4.78. The van der Waals surface area contributed by atoms with Gasteiger partial charge in [0.15, 0.2) is 0 Å². The molecule has 4 heteroatoms. The smallest absolute Gasteiger partial charge is 0.313 e. The third kappa shape index (κ3) is 3.12. The van der Waals surface area contributed by atoms with Crippen molar-refractivity contribution in [2.24, 2.45) is 5.92 Å². The van der Waals surface area contributed by atoms with Gasteiger partial charge in [0.2, 0.25) is 0 Å². The van der Waals surface area contributed by atoms with Crippen LogP contribution in [0.5, 0.6) is 0 Å². The fourth-order valence-corrected chi connectivity index (χ4v) is 2.83. The molecule has 0 bridgehead atoms. The average Bonchev–Trinajstić information content (AvgIpc) is 2.42. The number of ether oxygens (including phenoxy) is 1. The normalized spacial score (nSPS) is 21.3. The highest BCUT2D eigenvalue weighted by Crippen LogP contribution is 2.31. The Bertz CT molecular complexity index is 399. The zero-order chi connectivity index (χ0) is 13.0. The van der Waals surface area contributed by atoms with Crippen molar-refractivity contribution < 1.29 is 9.53 Å². The molecule has 2 atom stereocenters. The minimum atomic E-state index is -0.157. The lowest BCUT2D eigenvalue weighted by Gasteiger charge is -2.29. The van der Waals surface area contributed by atoms with E-state index in [0.29, 0.717) is 5.92 Å². The number of rotatable bonds is 3. The highest BCUT2D eigenvalue weighted by atomic mass is 79.9. The number of esters is 1. The van der Waals surface area contributed by atoms with Gasteiger partial charge in [-0.25, -0.2) is 0 Å². The van der Waals surface area contributed by atoms with Gasteiger partial charge in [-0.3, -0.25) is 4.79 Å². The summed E-state index contributed by atoms with van der Waals surface area (Å²) < 4.78 is 6.00. The van der Waals surface area contributed by atoms with Gasteiger partial charge in [-0.05, 0) is 49.5 Å². The molecule has 1 aromatic carbocycles. The topological polar surface area (TPSA) is 38.3 Å². The first-order valence-electron chi connectivity index (χ1n) is 6.26. The molecule has 0 amide bonds. The first kappa shape index (κ1) is 13.6. The van der Waals surface area contributed by atoms with Crippen LogP contribution in [0.3, 0.4) is 0 Å². The first-order chi connectivity index (χ1) is 8.72. The molecular formula is C14H18BrNO2. The van der Waals surface area contributed by atoms with Crippen molar-refractivity contribution in [1.82, 2.24) is 5.32 Å². The molecule has 1 saturated heterocycles. The van der Waals surface area contributed by atoms with E-state index in [0.717, 1.165) is 36.0 Å². The molecule has 1 aliphatic rings. The van der Waals surface area contributed by atoms with Crippen LogP contribution in [0.25, 0.3) is 0 Å². The Morgan fingerprint density at radius 3 is 2.72 bits per heavy atom. The molecule has 2 unspecified atom stereocenters. The monoisotopic (exact) mass is 311 g/mol. The summed E-state index contributed by atoms with van der Waals surface area (Å²) in [5.41, 5.74) is 1.04. The number of nitrogens with one attached hydrogen (secondary N) is 1. The second kappa shape index (κ2) is 6.34. The van der Waals surface area contributed by atoms with Crippen LogP contribution >= 0.6 is 15.9 Å². The molecule has 0 saturated carbocycles. The lowest BCUT2D eigenvalue weighted by atomic mass is 9.81. The summed E-state index contributed by atoms with van der Waals surface area (Å²) in [7, 11) is 1.46. The van der Waals surface area contributed by atoms with Gasteiger partial charge in [-0.1, -0.05) is 28.1 Å². The number of hydrogen-bond donors (Lipinski definition) is 1. The second-order valence-electron chi connectivity index (χ2n) is 4.66. The van der Waals surface area contributed by atoms with Crippen LogP contribution in [0, 0.1) is 5.92 Å².